The summed E-state index contributed by atoms with van der Waals surface area (Å²) in [5.74, 6) is -0.744. The van der Waals surface area contributed by atoms with Crippen LogP contribution in [-0.4, -0.2) is 36.3 Å². The molecule has 4 rings (SSSR count). The van der Waals surface area contributed by atoms with Gasteiger partial charge in [-0.2, -0.15) is 9.78 Å². The van der Waals surface area contributed by atoms with E-state index in [0.29, 0.717) is 17.1 Å². The summed E-state index contributed by atoms with van der Waals surface area (Å²) in [6.07, 6.45) is 3.11. The van der Waals surface area contributed by atoms with Crippen molar-refractivity contribution in [3.63, 3.8) is 0 Å². The molecule has 3 heterocycles. The zero-order valence-electron chi connectivity index (χ0n) is 17.1. The number of aryl methyl sites for hydroxylation is 1. The summed E-state index contributed by atoms with van der Waals surface area (Å²) in [5, 5.41) is 24.2. The van der Waals surface area contributed by atoms with Gasteiger partial charge in [-0.3, -0.25) is 14.3 Å². The lowest BCUT2D eigenvalue weighted by Crippen LogP contribution is -2.14. The second kappa shape index (κ2) is 9.08. The Kier molecular flexibility index (Phi) is 6.04. The van der Waals surface area contributed by atoms with Crippen LogP contribution in [0.25, 0.3) is 0 Å². The second-order valence-corrected chi connectivity index (χ2v) is 7.74. The van der Waals surface area contributed by atoms with Gasteiger partial charge in [0.05, 0.1) is 11.3 Å². The first-order chi connectivity index (χ1) is 15.8. The van der Waals surface area contributed by atoms with E-state index in [4.69, 9.17) is 4.42 Å². The van der Waals surface area contributed by atoms with Crippen molar-refractivity contribution in [2.24, 2.45) is 7.05 Å². The number of halogens is 1. The number of carbonyl (C=O) groups is 2. The van der Waals surface area contributed by atoms with Crippen LogP contribution in [0.2, 0.25) is 0 Å². The Morgan fingerprint density at radius 1 is 1.12 bits per heavy atom. The number of rotatable bonds is 7. The summed E-state index contributed by atoms with van der Waals surface area (Å²) < 4.78 is 8.64. The molecule has 0 saturated heterocycles. The van der Waals surface area contributed by atoms with Crippen molar-refractivity contribution >= 4 is 44.9 Å². The van der Waals surface area contributed by atoms with Gasteiger partial charge in [0.2, 0.25) is 0 Å². The van der Waals surface area contributed by atoms with Crippen LogP contribution >= 0.6 is 15.9 Å². The predicted octanol–water partition coefficient (Wildman–Crippen LogP) is 3.43. The van der Waals surface area contributed by atoms with E-state index in [2.05, 4.69) is 36.8 Å². The molecule has 12 nitrogen and oxygen atoms in total. The number of nitrogens with one attached hydrogen (secondary N) is 2. The van der Waals surface area contributed by atoms with Gasteiger partial charge in [-0.25, -0.2) is 0 Å². The number of benzene rings is 1. The van der Waals surface area contributed by atoms with Gasteiger partial charge in [-0.15, -0.1) is 0 Å². The molecule has 0 bridgehead atoms. The maximum Gasteiger partial charge on any atom is 0.404 e. The van der Waals surface area contributed by atoms with E-state index < -0.39 is 10.8 Å². The third-order valence-electron chi connectivity index (χ3n) is 4.40. The van der Waals surface area contributed by atoms with Gasteiger partial charge in [0.15, 0.2) is 11.5 Å². The molecule has 33 heavy (non-hydrogen) atoms. The molecule has 0 aliphatic heterocycles. The summed E-state index contributed by atoms with van der Waals surface area (Å²) in [5.41, 5.74) is 1.20. The van der Waals surface area contributed by atoms with Crippen LogP contribution in [0.3, 0.4) is 0 Å². The molecule has 168 valence electrons. The molecule has 2 amide bonds. The number of nitrogens with zero attached hydrogens (tertiary/aromatic N) is 5. The standard InChI is InChI=1S/C20H16BrN7O5/c1-26-8-7-16(24-26)19(29)22-12-3-2-4-13(9-12)23-20(30)17-6-5-14(33-17)10-27-11-15(21)18(25-27)28(31)32/h2-9,11H,10H2,1H3,(H,22,29)(H,23,30). The smallest absolute Gasteiger partial charge is 0.404 e. The van der Waals surface area contributed by atoms with Gasteiger partial charge in [0.1, 0.15) is 16.8 Å². The monoisotopic (exact) mass is 513 g/mol. The van der Waals surface area contributed by atoms with Crippen LogP contribution in [0, 0.1) is 10.1 Å². The SMILES string of the molecule is Cn1ccc(C(=O)Nc2cccc(NC(=O)c3ccc(Cn4cc(Br)c([N+](=O)[O-])n4)o3)c2)n1. The first kappa shape index (κ1) is 22.0. The molecule has 0 unspecified atom stereocenters. The fourth-order valence-corrected chi connectivity index (χ4v) is 3.40. The minimum Gasteiger partial charge on any atom is -0.454 e. The molecule has 4 aromatic rings. The molecule has 0 aliphatic rings. The first-order valence-corrected chi connectivity index (χ1v) is 10.3. The fourth-order valence-electron chi connectivity index (χ4n) is 2.93. The second-order valence-electron chi connectivity index (χ2n) is 6.88. The zero-order valence-corrected chi connectivity index (χ0v) is 18.6. The Morgan fingerprint density at radius 3 is 2.48 bits per heavy atom. The first-order valence-electron chi connectivity index (χ1n) is 9.47. The van der Waals surface area contributed by atoms with Gasteiger partial charge in [0.25, 0.3) is 11.8 Å². The van der Waals surface area contributed by atoms with Gasteiger partial charge < -0.3 is 25.2 Å². The largest absolute Gasteiger partial charge is 0.454 e. The van der Waals surface area contributed by atoms with Crippen molar-refractivity contribution in [3.8, 4) is 0 Å². The average molecular weight is 514 g/mol. The maximum absolute atomic E-state index is 12.6. The van der Waals surface area contributed by atoms with Gasteiger partial charge in [-0.1, -0.05) is 6.07 Å². The number of amides is 2. The number of hydrogen-bond donors (Lipinski definition) is 2. The van der Waals surface area contributed by atoms with Crippen molar-refractivity contribution < 1.29 is 18.9 Å². The number of aromatic nitrogens is 4. The Morgan fingerprint density at radius 2 is 1.85 bits per heavy atom. The molecule has 0 radical (unpaired) electrons. The summed E-state index contributed by atoms with van der Waals surface area (Å²) >= 11 is 3.08. The quantitative estimate of drug-likeness (QED) is 0.283. The molecule has 2 N–H and O–H groups in total. The minimum absolute atomic E-state index is 0.0497. The number of hydrogen-bond acceptors (Lipinski definition) is 7. The third-order valence-corrected chi connectivity index (χ3v) is 4.96. The third kappa shape index (κ3) is 5.15. The highest BCUT2D eigenvalue weighted by Crippen LogP contribution is 2.23. The molecule has 0 aliphatic carbocycles. The minimum atomic E-state index is -0.603. The summed E-state index contributed by atoms with van der Waals surface area (Å²) in [7, 11) is 1.71. The van der Waals surface area contributed by atoms with Gasteiger partial charge in [-0.05, 0) is 57.3 Å². The Bertz CT molecular complexity index is 1360. The van der Waals surface area contributed by atoms with E-state index in [1.165, 1.54) is 21.6 Å². The van der Waals surface area contributed by atoms with E-state index in [-0.39, 0.29) is 34.2 Å². The van der Waals surface area contributed by atoms with Crippen LogP contribution in [0.4, 0.5) is 17.2 Å². The average Bonchev–Trinajstić information content (AvgIpc) is 3.49. The lowest BCUT2D eigenvalue weighted by Gasteiger charge is -2.07. The highest BCUT2D eigenvalue weighted by atomic mass is 79.9. The maximum atomic E-state index is 12.6. The lowest BCUT2D eigenvalue weighted by atomic mass is 10.2. The predicted molar refractivity (Wildman–Crippen MR) is 120 cm³/mol. The van der Waals surface area contributed by atoms with E-state index in [1.54, 1.807) is 49.6 Å². The van der Waals surface area contributed by atoms with Crippen molar-refractivity contribution in [1.82, 2.24) is 19.6 Å². The van der Waals surface area contributed by atoms with Crippen molar-refractivity contribution in [2.75, 3.05) is 10.6 Å². The summed E-state index contributed by atoms with van der Waals surface area (Å²) in [6, 6.07) is 11.3. The molecule has 1 aromatic carbocycles. The number of nitro groups is 1. The Hall–Kier alpha value is -4.26. The number of anilines is 2. The fraction of sp³-hybridized carbons (Fsp3) is 0.100. The van der Waals surface area contributed by atoms with E-state index in [0.717, 1.165) is 0 Å². The van der Waals surface area contributed by atoms with Crippen LogP contribution in [0.5, 0.6) is 0 Å². The highest BCUT2D eigenvalue weighted by molar-refractivity contribution is 9.10. The molecule has 13 heteroatoms. The van der Waals surface area contributed by atoms with Gasteiger partial charge in [0, 0.05) is 24.6 Å². The van der Waals surface area contributed by atoms with E-state index in [9.17, 15) is 19.7 Å². The number of furan rings is 1. The normalized spacial score (nSPS) is 10.7. The highest BCUT2D eigenvalue weighted by Gasteiger charge is 2.20. The Labute approximate surface area is 194 Å². The Balaban J connectivity index is 1.40. The van der Waals surface area contributed by atoms with Crippen LogP contribution in [0.1, 0.15) is 26.8 Å². The van der Waals surface area contributed by atoms with Crippen LogP contribution in [0.15, 0.2) is 63.7 Å². The zero-order chi connectivity index (χ0) is 23.5. The van der Waals surface area contributed by atoms with Crippen LogP contribution < -0.4 is 10.6 Å². The summed E-state index contributed by atoms with van der Waals surface area (Å²) in [4.78, 5) is 35.1. The summed E-state index contributed by atoms with van der Waals surface area (Å²) in [6.45, 7) is 0.106. The number of carbonyl (C=O) groups excluding carboxylic acids is 2. The molecular weight excluding hydrogens is 498 g/mol. The molecular formula is C20H16BrN7O5. The van der Waals surface area contributed by atoms with Crippen molar-refractivity contribution in [3.05, 3.63) is 86.7 Å². The molecule has 0 spiro atoms. The van der Waals surface area contributed by atoms with E-state index in [1.807, 2.05) is 0 Å². The molecule has 0 fully saturated rings. The topological polar surface area (TPSA) is 150 Å². The van der Waals surface area contributed by atoms with E-state index >= 15 is 0 Å². The lowest BCUT2D eigenvalue weighted by molar-refractivity contribution is -0.390. The van der Waals surface area contributed by atoms with Gasteiger partial charge >= 0.3 is 5.82 Å². The van der Waals surface area contributed by atoms with Crippen molar-refractivity contribution in [2.45, 2.75) is 6.54 Å². The molecule has 0 atom stereocenters. The van der Waals surface area contributed by atoms with Crippen LogP contribution in [-0.2, 0) is 13.6 Å². The molecule has 3 aromatic heterocycles. The van der Waals surface area contributed by atoms with Crippen molar-refractivity contribution in [1.29, 1.82) is 0 Å². The molecule has 0 saturated carbocycles.